The van der Waals surface area contributed by atoms with Crippen molar-refractivity contribution in [2.75, 3.05) is 25.6 Å². The number of rotatable bonds is 9. The number of para-hydroxylation sites is 1. The number of nitrogens with one attached hydrogen (secondary N) is 2. The van der Waals surface area contributed by atoms with E-state index in [1.54, 1.807) is 51.3 Å². The molecule has 1 unspecified atom stereocenters. The molecule has 0 amide bonds. The summed E-state index contributed by atoms with van der Waals surface area (Å²) in [5.41, 5.74) is 1.29. The molecular weight excluding hydrogens is 391 g/mol. The first-order valence-electron chi connectivity index (χ1n) is 9.42. The molecular formula is C21H25N2O5P. The molecule has 2 N–H and O–H groups in total. The summed E-state index contributed by atoms with van der Waals surface area (Å²) in [6.45, 7) is 3.84. The van der Waals surface area contributed by atoms with Gasteiger partial charge >= 0.3 is 7.60 Å². The lowest BCUT2D eigenvalue weighted by molar-refractivity contribution is 0.214. The quantitative estimate of drug-likeness (QED) is 0.482. The maximum atomic E-state index is 13.6. The minimum atomic E-state index is -3.70. The molecule has 7 nitrogen and oxygen atoms in total. The lowest BCUT2D eigenvalue weighted by Gasteiger charge is -2.28. The van der Waals surface area contributed by atoms with Crippen LogP contribution in [0.4, 0.5) is 5.69 Å². The molecule has 2 aromatic carbocycles. The molecule has 0 saturated carbocycles. The molecule has 8 heteroatoms. The second kappa shape index (κ2) is 9.27. The van der Waals surface area contributed by atoms with Crippen LogP contribution in [0, 0.1) is 0 Å². The highest BCUT2D eigenvalue weighted by atomic mass is 31.2. The van der Waals surface area contributed by atoms with Crippen LogP contribution in [0.15, 0.2) is 59.4 Å². The van der Waals surface area contributed by atoms with E-state index in [1.165, 1.54) is 0 Å². The summed E-state index contributed by atoms with van der Waals surface area (Å²) in [6, 6.07) is 16.2. The smallest absolute Gasteiger partial charge is 0.357 e. The fraction of sp³-hybridized carbons (Fsp3) is 0.286. The minimum Gasteiger partial charge on any atom is -0.497 e. The number of hydrogen-bond donors (Lipinski definition) is 2. The Kier molecular flexibility index (Phi) is 6.75. The summed E-state index contributed by atoms with van der Waals surface area (Å²) >= 11 is 0. The Balaban J connectivity index is 2.12. The van der Waals surface area contributed by atoms with E-state index in [9.17, 15) is 9.36 Å². The molecule has 0 bridgehead atoms. The van der Waals surface area contributed by atoms with E-state index in [4.69, 9.17) is 13.8 Å². The highest BCUT2D eigenvalue weighted by molar-refractivity contribution is 7.54. The SMILES string of the molecule is CCOP(=O)(OCC)C(Nc1ccc(OC)cc1)c1cc2ccccc2[nH]c1=O. The van der Waals surface area contributed by atoms with Gasteiger partial charge in [-0.05, 0) is 55.6 Å². The Morgan fingerprint density at radius 3 is 2.31 bits per heavy atom. The van der Waals surface area contributed by atoms with E-state index in [-0.39, 0.29) is 24.3 Å². The topological polar surface area (TPSA) is 89.7 Å². The van der Waals surface area contributed by atoms with Crippen LogP contribution in [0.5, 0.6) is 5.75 Å². The van der Waals surface area contributed by atoms with Crippen molar-refractivity contribution in [3.63, 3.8) is 0 Å². The van der Waals surface area contributed by atoms with Crippen molar-refractivity contribution >= 4 is 24.2 Å². The van der Waals surface area contributed by atoms with Crippen molar-refractivity contribution in [1.82, 2.24) is 4.98 Å². The van der Waals surface area contributed by atoms with Gasteiger partial charge in [-0.15, -0.1) is 0 Å². The minimum absolute atomic E-state index is 0.184. The van der Waals surface area contributed by atoms with Crippen LogP contribution in [0.25, 0.3) is 10.9 Å². The largest absolute Gasteiger partial charge is 0.497 e. The Hall–Kier alpha value is -2.60. The Morgan fingerprint density at radius 2 is 1.69 bits per heavy atom. The molecule has 0 spiro atoms. The zero-order valence-electron chi connectivity index (χ0n) is 16.7. The van der Waals surface area contributed by atoms with Crippen molar-refractivity contribution < 1.29 is 18.3 Å². The number of benzene rings is 2. The van der Waals surface area contributed by atoms with Crippen LogP contribution in [0.1, 0.15) is 25.2 Å². The third-order valence-corrected chi connectivity index (χ3v) is 6.68. The van der Waals surface area contributed by atoms with Gasteiger partial charge in [0.05, 0.1) is 25.9 Å². The van der Waals surface area contributed by atoms with Gasteiger partial charge < -0.3 is 24.1 Å². The molecule has 0 saturated heterocycles. The van der Waals surface area contributed by atoms with Crippen LogP contribution in [-0.2, 0) is 13.6 Å². The highest BCUT2D eigenvalue weighted by Gasteiger charge is 2.39. The number of anilines is 1. The molecule has 0 aliphatic carbocycles. The van der Waals surface area contributed by atoms with Crippen LogP contribution >= 0.6 is 7.60 Å². The van der Waals surface area contributed by atoms with Crippen LogP contribution in [0.2, 0.25) is 0 Å². The number of aromatic amines is 1. The predicted octanol–water partition coefficient (Wildman–Crippen LogP) is 4.91. The van der Waals surface area contributed by atoms with Crippen molar-refractivity contribution in [3.05, 3.63) is 70.5 Å². The first-order valence-corrected chi connectivity index (χ1v) is 11.0. The maximum absolute atomic E-state index is 13.6. The van der Waals surface area contributed by atoms with Crippen molar-refractivity contribution in [2.24, 2.45) is 0 Å². The molecule has 29 heavy (non-hydrogen) atoms. The monoisotopic (exact) mass is 416 g/mol. The summed E-state index contributed by atoms with van der Waals surface area (Å²) in [7, 11) is -2.12. The average Bonchev–Trinajstić information content (AvgIpc) is 2.72. The number of ether oxygens (including phenoxy) is 1. The highest BCUT2D eigenvalue weighted by Crippen LogP contribution is 2.60. The van der Waals surface area contributed by atoms with E-state index in [2.05, 4.69) is 10.3 Å². The van der Waals surface area contributed by atoms with Crippen molar-refractivity contribution in [2.45, 2.75) is 19.6 Å². The summed E-state index contributed by atoms with van der Waals surface area (Å²) in [5.74, 6) is -0.294. The van der Waals surface area contributed by atoms with Gasteiger partial charge in [-0.3, -0.25) is 9.36 Å². The molecule has 0 aliphatic heterocycles. The Morgan fingerprint density at radius 1 is 1.03 bits per heavy atom. The van der Waals surface area contributed by atoms with Gasteiger partial charge in [-0.25, -0.2) is 0 Å². The molecule has 3 aromatic rings. The number of H-pyrrole nitrogens is 1. The fourth-order valence-corrected chi connectivity index (χ4v) is 5.02. The number of hydrogen-bond acceptors (Lipinski definition) is 6. The first-order chi connectivity index (χ1) is 14.0. The van der Waals surface area contributed by atoms with Gasteiger partial charge in [0.25, 0.3) is 5.56 Å². The molecule has 1 heterocycles. The second-order valence-corrected chi connectivity index (χ2v) is 8.40. The normalized spacial score (nSPS) is 12.7. The summed E-state index contributed by atoms with van der Waals surface area (Å²) < 4.78 is 30.0. The standard InChI is InChI=1S/C21H25N2O5P/c1-4-27-29(25,28-5-2)21(22-16-10-12-17(26-3)13-11-16)18-14-15-8-6-7-9-19(15)23-20(18)24/h6-14,21-22H,4-5H2,1-3H3,(H,23,24). The van der Waals surface area contributed by atoms with E-state index < -0.39 is 13.4 Å². The van der Waals surface area contributed by atoms with E-state index in [0.717, 1.165) is 5.39 Å². The molecule has 1 aromatic heterocycles. The van der Waals surface area contributed by atoms with E-state index >= 15 is 0 Å². The number of aromatic nitrogens is 1. The summed E-state index contributed by atoms with van der Waals surface area (Å²) in [5, 5.41) is 4.00. The van der Waals surface area contributed by atoms with Crippen LogP contribution in [0.3, 0.4) is 0 Å². The number of methoxy groups -OCH3 is 1. The van der Waals surface area contributed by atoms with Crippen LogP contribution < -0.4 is 15.6 Å². The van der Waals surface area contributed by atoms with Gasteiger partial charge in [0.1, 0.15) is 5.75 Å². The third-order valence-electron chi connectivity index (χ3n) is 4.40. The molecule has 0 radical (unpaired) electrons. The van der Waals surface area contributed by atoms with Gasteiger partial charge in [-0.1, -0.05) is 18.2 Å². The molecule has 0 fully saturated rings. The molecule has 3 rings (SSSR count). The van der Waals surface area contributed by atoms with Crippen LogP contribution in [-0.4, -0.2) is 25.3 Å². The first kappa shape index (κ1) is 21.1. The predicted molar refractivity (Wildman–Crippen MR) is 115 cm³/mol. The molecule has 0 aliphatic rings. The average molecular weight is 416 g/mol. The summed E-state index contributed by atoms with van der Waals surface area (Å²) in [4.78, 5) is 15.7. The zero-order valence-corrected chi connectivity index (χ0v) is 17.6. The molecule has 1 atom stereocenters. The molecule has 154 valence electrons. The Bertz CT molecular complexity index is 1050. The van der Waals surface area contributed by atoms with Crippen molar-refractivity contribution in [1.29, 1.82) is 0 Å². The van der Waals surface area contributed by atoms with Gasteiger partial charge in [-0.2, -0.15) is 0 Å². The van der Waals surface area contributed by atoms with Gasteiger partial charge in [0, 0.05) is 11.2 Å². The Labute approximate surface area is 169 Å². The lowest BCUT2D eigenvalue weighted by Crippen LogP contribution is -2.23. The van der Waals surface area contributed by atoms with E-state index in [0.29, 0.717) is 17.0 Å². The van der Waals surface area contributed by atoms with Crippen molar-refractivity contribution in [3.8, 4) is 5.75 Å². The maximum Gasteiger partial charge on any atom is 0.357 e. The fourth-order valence-electron chi connectivity index (χ4n) is 3.09. The third kappa shape index (κ3) is 4.70. The van der Waals surface area contributed by atoms with Gasteiger partial charge in [0.15, 0.2) is 5.78 Å². The second-order valence-electron chi connectivity index (χ2n) is 6.29. The van der Waals surface area contributed by atoms with E-state index in [1.807, 2.05) is 24.3 Å². The lowest BCUT2D eigenvalue weighted by atomic mass is 10.1. The van der Waals surface area contributed by atoms with Gasteiger partial charge in [0.2, 0.25) is 0 Å². The number of pyridine rings is 1. The summed E-state index contributed by atoms with van der Waals surface area (Å²) in [6.07, 6.45) is 0. The number of fused-ring (bicyclic) bond motifs is 1. The zero-order chi connectivity index (χ0) is 20.9.